The molecule has 4 rings (SSSR count). The van der Waals surface area contributed by atoms with Crippen molar-refractivity contribution in [2.45, 2.75) is 19.1 Å². The maximum Gasteiger partial charge on any atom is 0.251 e. The molecule has 0 radical (unpaired) electrons. The Bertz CT molecular complexity index is 1160. The van der Waals surface area contributed by atoms with Gasteiger partial charge < -0.3 is 15.4 Å². The van der Waals surface area contributed by atoms with Crippen molar-refractivity contribution in [1.29, 1.82) is 0 Å². The molecule has 1 aliphatic rings. The quantitative estimate of drug-likeness (QED) is 0.510. The second-order valence-corrected chi connectivity index (χ2v) is 8.14. The number of benzene rings is 2. The van der Waals surface area contributed by atoms with E-state index in [1.807, 2.05) is 12.1 Å². The molecule has 1 unspecified atom stereocenters. The second-order valence-electron chi connectivity index (χ2n) is 6.91. The van der Waals surface area contributed by atoms with E-state index < -0.39 is 11.9 Å². The minimum atomic E-state index is -0.815. The highest BCUT2D eigenvalue weighted by Crippen LogP contribution is 2.39. The Morgan fingerprint density at radius 2 is 1.94 bits per heavy atom. The van der Waals surface area contributed by atoms with Crippen molar-refractivity contribution in [3.8, 4) is 11.1 Å². The van der Waals surface area contributed by atoms with Crippen LogP contribution in [0.1, 0.15) is 18.2 Å². The summed E-state index contributed by atoms with van der Waals surface area (Å²) < 4.78 is 6.80. The Kier molecular flexibility index (Phi) is 6.20. The van der Waals surface area contributed by atoms with Crippen LogP contribution in [0.15, 0.2) is 42.5 Å². The zero-order valence-electron chi connectivity index (χ0n) is 16.3. The number of rotatable bonds is 6. The fourth-order valence-corrected chi connectivity index (χ4v) is 3.93. The van der Waals surface area contributed by atoms with Crippen molar-refractivity contribution < 1.29 is 14.3 Å². The summed E-state index contributed by atoms with van der Waals surface area (Å²) in [4.78, 5) is 25.3. The van der Waals surface area contributed by atoms with Gasteiger partial charge in [-0.3, -0.25) is 9.59 Å². The number of carbonyl (C=O) groups excluding carboxylic acids is 2. The summed E-state index contributed by atoms with van der Waals surface area (Å²) in [7, 11) is 1.56. The molecule has 160 valence electrons. The number of ether oxygens (including phenoxy) is 1. The third kappa shape index (κ3) is 4.27. The van der Waals surface area contributed by atoms with Crippen molar-refractivity contribution in [1.82, 2.24) is 9.78 Å². The first-order valence-corrected chi connectivity index (χ1v) is 10.4. The second kappa shape index (κ2) is 8.88. The zero-order chi connectivity index (χ0) is 22.1. The molecular formula is C21H17Cl3N4O3. The molecule has 1 aromatic heterocycles. The number of hydrogen-bond donors (Lipinski definition) is 2. The van der Waals surface area contributed by atoms with Crippen molar-refractivity contribution in [2.75, 3.05) is 17.7 Å². The molecule has 0 spiro atoms. The molecule has 1 aliphatic heterocycles. The monoisotopic (exact) mass is 478 g/mol. The van der Waals surface area contributed by atoms with Gasteiger partial charge in [0.2, 0.25) is 5.91 Å². The van der Waals surface area contributed by atoms with Crippen LogP contribution in [-0.4, -0.2) is 28.7 Å². The summed E-state index contributed by atoms with van der Waals surface area (Å²) in [5, 5.41) is 11.2. The standard InChI is InChI=1S/C21H17Cl3N4O3/c1-31-10-15-18(11-5-7-12(22)8-6-11)20-26-21(30)16(28(20)27-15)9-17(29)25-14-4-2-3-13(23)19(14)24/h2-8,16H,9-10H2,1H3,(H,25,29)(H,26,30). The van der Waals surface area contributed by atoms with Crippen LogP contribution in [0, 0.1) is 0 Å². The van der Waals surface area contributed by atoms with Crippen LogP contribution in [0.4, 0.5) is 11.5 Å². The fraction of sp³-hybridized carbons (Fsp3) is 0.190. The number of halogens is 3. The number of aromatic nitrogens is 2. The van der Waals surface area contributed by atoms with Gasteiger partial charge in [-0.15, -0.1) is 0 Å². The molecule has 2 heterocycles. The van der Waals surface area contributed by atoms with Gasteiger partial charge >= 0.3 is 0 Å². The Labute approximate surface area is 193 Å². The third-order valence-corrected chi connectivity index (χ3v) is 5.91. The number of hydrogen-bond acceptors (Lipinski definition) is 4. The Hall–Kier alpha value is -2.58. The first-order valence-electron chi connectivity index (χ1n) is 9.30. The first kappa shape index (κ1) is 21.6. The van der Waals surface area contributed by atoms with Gasteiger partial charge in [0.05, 0.1) is 34.5 Å². The first-order chi connectivity index (χ1) is 14.9. The molecule has 2 aromatic carbocycles. The number of nitrogens with one attached hydrogen (secondary N) is 2. The number of anilines is 2. The molecule has 7 nitrogen and oxygen atoms in total. The maximum atomic E-state index is 12.7. The summed E-state index contributed by atoms with van der Waals surface area (Å²) in [6.45, 7) is 0.241. The van der Waals surface area contributed by atoms with Gasteiger partial charge in [0.1, 0.15) is 11.9 Å². The average Bonchev–Trinajstić information content (AvgIpc) is 3.22. The molecule has 0 fully saturated rings. The molecule has 3 aromatic rings. The van der Waals surface area contributed by atoms with E-state index in [-0.39, 0.29) is 24.0 Å². The number of fused-ring (bicyclic) bond motifs is 1. The van der Waals surface area contributed by atoms with Crippen LogP contribution >= 0.6 is 34.8 Å². The SMILES string of the molecule is COCc1nn2c(c1-c1ccc(Cl)cc1)NC(=O)C2CC(=O)Nc1cccc(Cl)c1Cl. The van der Waals surface area contributed by atoms with E-state index in [0.717, 1.165) is 11.1 Å². The number of methoxy groups -OCH3 is 1. The number of carbonyl (C=O) groups is 2. The van der Waals surface area contributed by atoms with E-state index in [1.165, 1.54) is 4.68 Å². The predicted octanol–water partition coefficient (Wildman–Crippen LogP) is 5.18. The molecular weight excluding hydrogens is 463 g/mol. The highest BCUT2D eigenvalue weighted by molar-refractivity contribution is 6.44. The van der Waals surface area contributed by atoms with Crippen LogP contribution in [0.2, 0.25) is 15.1 Å². The topological polar surface area (TPSA) is 85.2 Å². The van der Waals surface area contributed by atoms with Crippen molar-refractivity contribution in [2.24, 2.45) is 0 Å². The Balaban J connectivity index is 1.63. The average molecular weight is 480 g/mol. The van der Waals surface area contributed by atoms with E-state index in [9.17, 15) is 9.59 Å². The lowest BCUT2D eigenvalue weighted by Gasteiger charge is -2.11. The lowest BCUT2D eigenvalue weighted by atomic mass is 10.1. The number of amides is 2. The van der Waals surface area contributed by atoms with E-state index in [4.69, 9.17) is 39.5 Å². The third-order valence-electron chi connectivity index (χ3n) is 4.84. The summed E-state index contributed by atoms with van der Waals surface area (Å²) in [6.07, 6.45) is -0.129. The molecule has 31 heavy (non-hydrogen) atoms. The van der Waals surface area contributed by atoms with Crippen molar-refractivity contribution in [3.05, 3.63) is 63.2 Å². The minimum absolute atomic E-state index is 0.129. The molecule has 0 bridgehead atoms. The van der Waals surface area contributed by atoms with Crippen LogP contribution in [0.3, 0.4) is 0 Å². The minimum Gasteiger partial charge on any atom is -0.378 e. The summed E-state index contributed by atoms with van der Waals surface area (Å²) in [6, 6.07) is 11.3. The zero-order valence-corrected chi connectivity index (χ0v) is 18.6. The van der Waals surface area contributed by atoms with E-state index in [1.54, 1.807) is 37.4 Å². The Morgan fingerprint density at radius 3 is 2.65 bits per heavy atom. The molecule has 0 aliphatic carbocycles. The normalized spacial score (nSPS) is 15.0. The maximum absolute atomic E-state index is 12.7. The van der Waals surface area contributed by atoms with Crippen LogP contribution < -0.4 is 10.6 Å². The molecule has 2 amide bonds. The van der Waals surface area contributed by atoms with Gasteiger partial charge in [-0.2, -0.15) is 5.10 Å². The molecule has 10 heteroatoms. The van der Waals surface area contributed by atoms with Gasteiger partial charge in [0.15, 0.2) is 0 Å². The lowest BCUT2D eigenvalue weighted by molar-refractivity contribution is -0.123. The van der Waals surface area contributed by atoms with E-state index in [2.05, 4.69) is 15.7 Å². The molecule has 2 N–H and O–H groups in total. The molecule has 1 atom stereocenters. The summed E-state index contributed by atoms with van der Waals surface area (Å²) in [5.74, 6) is -0.207. The largest absolute Gasteiger partial charge is 0.378 e. The molecule has 0 saturated carbocycles. The van der Waals surface area contributed by atoms with Crippen molar-refractivity contribution in [3.63, 3.8) is 0 Å². The lowest BCUT2D eigenvalue weighted by Crippen LogP contribution is -2.24. The van der Waals surface area contributed by atoms with Gasteiger partial charge in [-0.1, -0.05) is 53.0 Å². The smallest absolute Gasteiger partial charge is 0.251 e. The van der Waals surface area contributed by atoms with Gasteiger partial charge in [-0.25, -0.2) is 4.68 Å². The Morgan fingerprint density at radius 1 is 1.19 bits per heavy atom. The highest BCUT2D eigenvalue weighted by Gasteiger charge is 2.37. The van der Waals surface area contributed by atoms with Crippen LogP contribution in [-0.2, 0) is 20.9 Å². The van der Waals surface area contributed by atoms with Crippen molar-refractivity contribution >= 4 is 58.1 Å². The fourth-order valence-electron chi connectivity index (χ4n) is 3.45. The predicted molar refractivity (Wildman–Crippen MR) is 121 cm³/mol. The van der Waals surface area contributed by atoms with Crippen LogP contribution in [0.5, 0.6) is 0 Å². The number of nitrogens with zero attached hydrogens (tertiary/aromatic N) is 2. The van der Waals surface area contributed by atoms with Gasteiger partial charge in [0.25, 0.3) is 5.91 Å². The van der Waals surface area contributed by atoms with E-state index in [0.29, 0.717) is 27.2 Å². The highest BCUT2D eigenvalue weighted by atomic mass is 35.5. The molecule has 0 saturated heterocycles. The van der Waals surface area contributed by atoms with Gasteiger partial charge in [0, 0.05) is 17.7 Å². The van der Waals surface area contributed by atoms with Crippen LogP contribution in [0.25, 0.3) is 11.1 Å². The van der Waals surface area contributed by atoms with E-state index >= 15 is 0 Å². The van der Waals surface area contributed by atoms with Gasteiger partial charge in [-0.05, 0) is 29.8 Å². The summed E-state index contributed by atoms with van der Waals surface area (Å²) in [5.41, 5.74) is 2.57. The summed E-state index contributed by atoms with van der Waals surface area (Å²) >= 11 is 18.1.